The Balaban J connectivity index is 1.97. The lowest BCUT2D eigenvalue weighted by Gasteiger charge is -2.34. The van der Waals surface area contributed by atoms with Gasteiger partial charge in [0.15, 0.2) is 0 Å². The van der Waals surface area contributed by atoms with E-state index in [1.54, 1.807) is 6.07 Å². The highest BCUT2D eigenvalue weighted by Gasteiger charge is 2.34. The molecular weight excluding hydrogens is 460 g/mol. The third-order valence-corrected chi connectivity index (χ3v) is 8.12. The first-order valence-electron chi connectivity index (χ1n) is 11.3. The van der Waals surface area contributed by atoms with Gasteiger partial charge in [-0.05, 0) is 55.0 Å². The molecule has 3 rings (SSSR count). The number of nitrogens with zero attached hydrogens (tertiary/aromatic N) is 1. The van der Waals surface area contributed by atoms with E-state index in [1.807, 2.05) is 32.0 Å². The summed E-state index contributed by atoms with van der Waals surface area (Å²) in [5.74, 6) is 0.0535. The van der Waals surface area contributed by atoms with Crippen LogP contribution >= 0.6 is 11.6 Å². The molecule has 1 aliphatic heterocycles. The van der Waals surface area contributed by atoms with Crippen LogP contribution in [-0.2, 0) is 14.8 Å². The molecule has 0 spiro atoms. The Labute approximate surface area is 202 Å². The Bertz CT molecular complexity index is 1090. The van der Waals surface area contributed by atoms with Crippen LogP contribution in [0.2, 0.25) is 5.02 Å². The zero-order chi connectivity index (χ0) is 24.5. The molecule has 180 valence electrons. The lowest BCUT2D eigenvalue weighted by atomic mass is 9.92. The van der Waals surface area contributed by atoms with Crippen LogP contribution in [0.25, 0.3) is 0 Å². The highest BCUT2D eigenvalue weighted by Crippen LogP contribution is 2.33. The number of amides is 1. The second kappa shape index (κ2) is 10.1. The molecule has 33 heavy (non-hydrogen) atoms. The van der Waals surface area contributed by atoms with Gasteiger partial charge in [-0.3, -0.25) is 4.79 Å². The van der Waals surface area contributed by atoms with Gasteiger partial charge in [-0.15, -0.1) is 0 Å². The van der Waals surface area contributed by atoms with E-state index in [0.717, 1.165) is 16.8 Å². The summed E-state index contributed by atoms with van der Waals surface area (Å²) >= 11 is 6.30. The molecule has 6 nitrogen and oxygen atoms in total. The van der Waals surface area contributed by atoms with Gasteiger partial charge in [0.25, 0.3) is 5.91 Å². The van der Waals surface area contributed by atoms with Crippen LogP contribution in [0.5, 0.6) is 0 Å². The number of nitrogens with one attached hydrogen (secondary N) is 1. The molecule has 0 bridgehead atoms. The second-order valence-electron chi connectivity index (χ2n) is 9.30. The number of morpholine rings is 1. The average molecular weight is 493 g/mol. The van der Waals surface area contributed by atoms with E-state index in [-0.39, 0.29) is 58.5 Å². The van der Waals surface area contributed by atoms with E-state index < -0.39 is 10.0 Å². The number of carbonyl (C=O) groups excluding carboxylic acids is 1. The summed E-state index contributed by atoms with van der Waals surface area (Å²) < 4.78 is 33.8. The van der Waals surface area contributed by atoms with Gasteiger partial charge in [0.1, 0.15) is 4.90 Å². The number of carbonyl (C=O) groups is 1. The minimum atomic E-state index is -3.89. The number of sulfonamides is 1. The standard InChI is InChI=1S/C25H33ClN2O4S/c1-15(2)20-8-7-9-21(16(3)4)24(20)27-25(29)19-10-11-22(26)23(12-19)33(30,31)28-13-17(5)32-18(6)14-28/h7-12,15-18H,13-14H2,1-6H3,(H,27,29)/t17-,18+. The summed E-state index contributed by atoms with van der Waals surface area (Å²) in [6.07, 6.45) is -0.452. The van der Waals surface area contributed by atoms with Gasteiger partial charge in [0.2, 0.25) is 10.0 Å². The smallest absolute Gasteiger partial charge is 0.255 e. The molecule has 2 atom stereocenters. The van der Waals surface area contributed by atoms with Crippen LogP contribution in [-0.4, -0.2) is 43.9 Å². The quantitative estimate of drug-likeness (QED) is 0.566. The largest absolute Gasteiger partial charge is 0.373 e. The molecule has 0 unspecified atom stereocenters. The van der Waals surface area contributed by atoms with Gasteiger partial charge in [-0.1, -0.05) is 57.5 Å². The Morgan fingerprint density at radius 2 is 1.58 bits per heavy atom. The molecule has 1 fully saturated rings. The molecule has 1 saturated heterocycles. The summed E-state index contributed by atoms with van der Waals surface area (Å²) in [6, 6.07) is 10.4. The van der Waals surface area contributed by atoms with Crippen molar-refractivity contribution in [3.8, 4) is 0 Å². The van der Waals surface area contributed by atoms with E-state index in [2.05, 4.69) is 33.0 Å². The Hall–Kier alpha value is -1.93. The number of hydrogen-bond acceptors (Lipinski definition) is 4. The van der Waals surface area contributed by atoms with Crippen molar-refractivity contribution >= 4 is 33.2 Å². The minimum Gasteiger partial charge on any atom is -0.373 e. The number of rotatable bonds is 6. The van der Waals surface area contributed by atoms with Crippen molar-refractivity contribution in [2.75, 3.05) is 18.4 Å². The van der Waals surface area contributed by atoms with Crippen molar-refractivity contribution in [3.63, 3.8) is 0 Å². The number of para-hydroxylation sites is 1. The van der Waals surface area contributed by atoms with Crippen molar-refractivity contribution in [1.29, 1.82) is 0 Å². The molecule has 2 aromatic carbocycles. The van der Waals surface area contributed by atoms with E-state index in [9.17, 15) is 13.2 Å². The molecule has 8 heteroatoms. The van der Waals surface area contributed by atoms with Crippen LogP contribution in [0.3, 0.4) is 0 Å². The van der Waals surface area contributed by atoms with Crippen LogP contribution in [0.1, 0.15) is 74.9 Å². The van der Waals surface area contributed by atoms with Gasteiger partial charge in [0.05, 0.1) is 17.2 Å². The Morgan fingerprint density at radius 3 is 2.09 bits per heavy atom. The van der Waals surface area contributed by atoms with Crippen molar-refractivity contribution in [3.05, 3.63) is 58.1 Å². The van der Waals surface area contributed by atoms with Crippen LogP contribution in [0.15, 0.2) is 41.3 Å². The SMILES string of the molecule is CC(C)c1cccc(C(C)C)c1NC(=O)c1ccc(Cl)c(S(=O)(=O)N2C[C@@H](C)O[C@@H](C)C2)c1. The predicted octanol–water partition coefficient (Wildman–Crippen LogP) is 5.64. The normalized spacial score (nSPS) is 19.8. The summed E-state index contributed by atoms with van der Waals surface area (Å²) in [5.41, 5.74) is 3.09. The fourth-order valence-electron chi connectivity index (χ4n) is 4.19. The third kappa shape index (κ3) is 5.60. The number of benzene rings is 2. The van der Waals surface area contributed by atoms with Gasteiger partial charge in [0, 0.05) is 24.3 Å². The fourth-order valence-corrected chi connectivity index (χ4v) is 6.28. The molecule has 0 aromatic heterocycles. The molecule has 2 aromatic rings. The lowest BCUT2D eigenvalue weighted by molar-refractivity contribution is -0.0440. The maximum Gasteiger partial charge on any atom is 0.255 e. The zero-order valence-corrected chi connectivity index (χ0v) is 21.6. The third-order valence-electron chi connectivity index (χ3n) is 5.81. The van der Waals surface area contributed by atoms with Gasteiger partial charge in [-0.25, -0.2) is 8.42 Å². The topological polar surface area (TPSA) is 75.7 Å². The summed E-state index contributed by atoms with van der Waals surface area (Å²) in [6.45, 7) is 12.4. The maximum atomic E-state index is 13.4. The molecule has 1 N–H and O–H groups in total. The zero-order valence-electron chi connectivity index (χ0n) is 20.1. The van der Waals surface area contributed by atoms with Crippen LogP contribution < -0.4 is 5.32 Å². The second-order valence-corrected chi connectivity index (χ2v) is 11.6. The summed E-state index contributed by atoms with van der Waals surface area (Å²) in [4.78, 5) is 13.2. The first-order valence-corrected chi connectivity index (χ1v) is 13.1. The van der Waals surface area contributed by atoms with Crippen molar-refractivity contribution in [2.45, 2.75) is 70.5 Å². The van der Waals surface area contributed by atoms with Crippen molar-refractivity contribution in [2.24, 2.45) is 0 Å². The molecular formula is C25H33ClN2O4S. The number of hydrogen-bond donors (Lipinski definition) is 1. The molecule has 0 aliphatic carbocycles. The number of anilines is 1. The minimum absolute atomic E-state index is 0.0701. The molecule has 0 saturated carbocycles. The maximum absolute atomic E-state index is 13.4. The fraction of sp³-hybridized carbons (Fsp3) is 0.480. The van der Waals surface area contributed by atoms with E-state index >= 15 is 0 Å². The van der Waals surface area contributed by atoms with E-state index in [4.69, 9.17) is 16.3 Å². The first kappa shape index (κ1) is 25.7. The molecule has 0 radical (unpaired) electrons. The number of halogens is 1. The highest BCUT2D eigenvalue weighted by atomic mass is 35.5. The molecule has 1 aliphatic rings. The summed E-state index contributed by atoms with van der Waals surface area (Å²) in [5, 5.41) is 3.13. The van der Waals surface area contributed by atoms with Gasteiger partial charge < -0.3 is 10.1 Å². The Morgan fingerprint density at radius 1 is 1.03 bits per heavy atom. The van der Waals surface area contributed by atoms with Crippen LogP contribution in [0, 0.1) is 0 Å². The van der Waals surface area contributed by atoms with E-state index in [0.29, 0.717) is 0 Å². The molecule has 1 heterocycles. The van der Waals surface area contributed by atoms with E-state index in [1.165, 1.54) is 16.4 Å². The van der Waals surface area contributed by atoms with Crippen LogP contribution in [0.4, 0.5) is 5.69 Å². The lowest BCUT2D eigenvalue weighted by Crippen LogP contribution is -2.48. The first-order chi connectivity index (χ1) is 15.4. The monoisotopic (exact) mass is 492 g/mol. The van der Waals surface area contributed by atoms with Gasteiger partial charge >= 0.3 is 0 Å². The Kier molecular flexibility index (Phi) is 7.89. The summed E-state index contributed by atoms with van der Waals surface area (Å²) in [7, 11) is -3.89. The highest BCUT2D eigenvalue weighted by molar-refractivity contribution is 7.89. The van der Waals surface area contributed by atoms with Crippen molar-refractivity contribution in [1.82, 2.24) is 4.31 Å². The number of ether oxygens (including phenoxy) is 1. The average Bonchev–Trinajstić information content (AvgIpc) is 2.72. The predicted molar refractivity (Wildman–Crippen MR) is 133 cm³/mol. The molecule has 1 amide bonds. The van der Waals surface area contributed by atoms with Crippen molar-refractivity contribution < 1.29 is 17.9 Å². The van der Waals surface area contributed by atoms with Gasteiger partial charge in [-0.2, -0.15) is 4.31 Å².